The van der Waals surface area contributed by atoms with Gasteiger partial charge in [0.25, 0.3) is 0 Å². The summed E-state index contributed by atoms with van der Waals surface area (Å²) in [6.07, 6.45) is 4.14. The molecular formula is C26H32N6O2. The number of aromatic nitrogens is 2. The number of anilines is 4. The van der Waals surface area contributed by atoms with Gasteiger partial charge in [-0.3, -0.25) is 0 Å². The SMILES string of the molecule is Nc1cc(-c2ccnc(Nc3ccc(N4CCOCC4)cc3)n2)ccc1OCC1CCCNC1. The van der Waals surface area contributed by atoms with Gasteiger partial charge in [-0.2, -0.15) is 0 Å². The number of nitrogens with zero attached hydrogens (tertiary/aromatic N) is 3. The van der Waals surface area contributed by atoms with Gasteiger partial charge < -0.3 is 30.7 Å². The van der Waals surface area contributed by atoms with E-state index in [-0.39, 0.29) is 0 Å². The number of ether oxygens (including phenoxy) is 2. The number of nitrogens with two attached hydrogens (primary N) is 1. The fourth-order valence-electron chi connectivity index (χ4n) is 4.40. The Morgan fingerprint density at radius 2 is 1.97 bits per heavy atom. The Morgan fingerprint density at radius 1 is 1.12 bits per heavy atom. The zero-order valence-electron chi connectivity index (χ0n) is 19.4. The van der Waals surface area contributed by atoms with Crippen molar-refractivity contribution in [2.45, 2.75) is 12.8 Å². The lowest BCUT2D eigenvalue weighted by atomic mass is 10.0. The second-order valence-corrected chi connectivity index (χ2v) is 8.81. The molecule has 178 valence electrons. The maximum Gasteiger partial charge on any atom is 0.227 e. The maximum absolute atomic E-state index is 6.30. The van der Waals surface area contributed by atoms with Crippen LogP contribution in [0.2, 0.25) is 0 Å². The molecule has 4 N–H and O–H groups in total. The summed E-state index contributed by atoms with van der Waals surface area (Å²) in [6.45, 7) is 6.17. The summed E-state index contributed by atoms with van der Waals surface area (Å²) in [5.74, 6) is 1.80. The van der Waals surface area contributed by atoms with E-state index in [0.717, 1.165) is 62.1 Å². The van der Waals surface area contributed by atoms with Crippen LogP contribution in [0.4, 0.5) is 23.0 Å². The zero-order chi connectivity index (χ0) is 23.2. The smallest absolute Gasteiger partial charge is 0.227 e. The third-order valence-electron chi connectivity index (χ3n) is 6.33. The molecule has 0 bridgehead atoms. The molecule has 2 aromatic carbocycles. The summed E-state index contributed by atoms with van der Waals surface area (Å²) in [7, 11) is 0. The van der Waals surface area contributed by atoms with Gasteiger partial charge in [-0.1, -0.05) is 0 Å². The first kappa shape index (κ1) is 22.4. The van der Waals surface area contributed by atoms with Crippen LogP contribution in [0.1, 0.15) is 12.8 Å². The molecule has 2 aliphatic rings. The fraction of sp³-hybridized carbons (Fsp3) is 0.385. The molecule has 2 saturated heterocycles. The van der Waals surface area contributed by atoms with E-state index in [2.05, 4.69) is 37.6 Å². The first-order chi connectivity index (χ1) is 16.7. The van der Waals surface area contributed by atoms with Crippen molar-refractivity contribution in [3.8, 4) is 17.0 Å². The van der Waals surface area contributed by atoms with Gasteiger partial charge in [0.15, 0.2) is 0 Å². The van der Waals surface area contributed by atoms with Crippen LogP contribution in [0.15, 0.2) is 54.7 Å². The quantitative estimate of drug-likeness (QED) is 0.460. The predicted molar refractivity (Wildman–Crippen MR) is 136 cm³/mol. The Balaban J connectivity index is 1.23. The van der Waals surface area contributed by atoms with Crippen LogP contribution in [0, 0.1) is 5.92 Å². The third kappa shape index (κ3) is 5.58. The predicted octanol–water partition coefficient (Wildman–Crippen LogP) is 3.68. The minimum atomic E-state index is 0.534. The molecule has 0 aliphatic carbocycles. The first-order valence-corrected chi connectivity index (χ1v) is 12.0. The van der Waals surface area contributed by atoms with Crippen molar-refractivity contribution in [3.63, 3.8) is 0 Å². The summed E-state index contributed by atoms with van der Waals surface area (Å²) in [5.41, 5.74) is 10.8. The highest BCUT2D eigenvalue weighted by Crippen LogP contribution is 2.29. The Bertz CT molecular complexity index is 1080. The zero-order valence-corrected chi connectivity index (χ0v) is 19.4. The topological polar surface area (TPSA) is 97.6 Å². The highest BCUT2D eigenvalue weighted by atomic mass is 16.5. The van der Waals surface area contributed by atoms with Crippen molar-refractivity contribution in [3.05, 3.63) is 54.7 Å². The lowest BCUT2D eigenvalue weighted by Gasteiger charge is -2.28. The molecule has 3 heterocycles. The van der Waals surface area contributed by atoms with Crippen molar-refractivity contribution in [2.75, 3.05) is 62.0 Å². The molecule has 5 rings (SSSR count). The van der Waals surface area contributed by atoms with Gasteiger partial charge in [-0.25, -0.2) is 9.97 Å². The summed E-state index contributed by atoms with van der Waals surface area (Å²) < 4.78 is 11.4. The molecule has 0 spiro atoms. The summed E-state index contributed by atoms with van der Waals surface area (Å²) in [5, 5.41) is 6.72. The van der Waals surface area contributed by atoms with E-state index in [9.17, 15) is 0 Å². The molecule has 1 aromatic heterocycles. The molecule has 0 radical (unpaired) electrons. The molecule has 8 heteroatoms. The molecule has 0 saturated carbocycles. The second kappa shape index (κ2) is 10.7. The molecule has 2 fully saturated rings. The van der Waals surface area contributed by atoms with E-state index in [4.69, 9.17) is 15.2 Å². The average molecular weight is 461 g/mol. The molecule has 1 atom stereocenters. The minimum Gasteiger partial charge on any atom is -0.491 e. The van der Waals surface area contributed by atoms with Crippen molar-refractivity contribution < 1.29 is 9.47 Å². The molecule has 3 aromatic rings. The number of nitrogen functional groups attached to an aromatic ring is 1. The Kier molecular flexibility index (Phi) is 7.07. The summed E-state index contributed by atoms with van der Waals surface area (Å²) in [6, 6.07) is 16.0. The maximum atomic E-state index is 6.30. The van der Waals surface area contributed by atoms with Crippen LogP contribution in [0.25, 0.3) is 11.3 Å². The van der Waals surface area contributed by atoms with Gasteiger partial charge in [0.2, 0.25) is 5.95 Å². The number of morpholine rings is 1. The van der Waals surface area contributed by atoms with E-state index in [1.165, 1.54) is 18.5 Å². The number of piperidine rings is 1. The molecular weight excluding hydrogens is 428 g/mol. The Morgan fingerprint density at radius 3 is 2.74 bits per heavy atom. The number of benzene rings is 2. The highest BCUT2D eigenvalue weighted by molar-refractivity contribution is 5.69. The van der Waals surface area contributed by atoms with E-state index in [1.54, 1.807) is 6.20 Å². The van der Waals surface area contributed by atoms with Crippen molar-refractivity contribution >= 4 is 23.0 Å². The van der Waals surface area contributed by atoms with Crippen LogP contribution >= 0.6 is 0 Å². The monoisotopic (exact) mass is 460 g/mol. The Hall–Kier alpha value is -3.36. The van der Waals surface area contributed by atoms with Gasteiger partial charge in [-0.15, -0.1) is 0 Å². The van der Waals surface area contributed by atoms with Crippen LogP contribution < -0.4 is 26.0 Å². The molecule has 8 nitrogen and oxygen atoms in total. The van der Waals surface area contributed by atoms with Crippen LogP contribution in [0.5, 0.6) is 5.75 Å². The largest absolute Gasteiger partial charge is 0.491 e. The number of hydrogen-bond donors (Lipinski definition) is 3. The fourth-order valence-corrected chi connectivity index (χ4v) is 4.40. The van der Waals surface area contributed by atoms with E-state index in [0.29, 0.717) is 24.2 Å². The van der Waals surface area contributed by atoms with Crippen LogP contribution in [0.3, 0.4) is 0 Å². The number of hydrogen-bond acceptors (Lipinski definition) is 8. The van der Waals surface area contributed by atoms with Crippen molar-refractivity contribution in [1.82, 2.24) is 15.3 Å². The van der Waals surface area contributed by atoms with Crippen molar-refractivity contribution in [1.29, 1.82) is 0 Å². The number of nitrogens with one attached hydrogen (secondary N) is 2. The molecule has 2 aliphatic heterocycles. The van der Waals surface area contributed by atoms with Gasteiger partial charge in [-0.05, 0) is 67.9 Å². The van der Waals surface area contributed by atoms with E-state index in [1.807, 2.05) is 36.4 Å². The first-order valence-electron chi connectivity index (χ1n) is 12.0. The standard InChI is InChI=1S/C26H32N6O2/c27-23-16-20(3-8-25(23)34-18-19-2-1-10-28-17-19)24-9-11-29-26(31-24)30-21-4-6-22(7-5-21)32-12-14-33-15-13-32/h3-9,11,16,19,28H,1-2,10,12-15,17-18,27H2,(H,29,30,31). The highest BCUT2D eigenvalue weighted by Gasteiger charge is 2.15. The van der Waals surface area contributed by atoms with Crippen LogP contribution in [-0.2, 0) is 4.74 Å². The van der Waals surface area contributed by atoms with Gasteiger partial charge >= 0.3 is 0 Å². The van der Waals surface area contributed by atoms with Crippen molar-refractivity contribution in [2.24, 2.45) is 5.92 Å². The van der Waals surface area contributed by atoms with Gasteiger partial charge in [0.1, 0.15) is 5.75 Å². The second-order valence-electron chi connectivity index (χ2n) is 8.81. The molecule has 0 amide bonds. The third-order valence-corrected chi connectivity index (χ3v) is 6.33. The normalized spacial score (nSPS) is 18.5. The molecule has 1 unspecified atom stereocenters. The van der Waals surface area contributed by atoms with Gasteiger partial charge in [0, 0.05) is 48.7 Å². The average Bonchev–Trinajstić information content (AvgIpc) is 2.90. The Labute approximate surface area is 200 Å². The van der Waals surface area contributed by atoms with Gasteiger partial charge in [0.05, 0.1) is 31.2 Å². The number of rotatable bonds is 7. The van der Waals surface area contributed by atoms with E-state index >= 15 is 0 Å². The van der Waals surface area contributed by atoms with E-state index < -0.39 is 0 Å². The lowest BCUT2D eigenvalue weighted by Crippen LogP contribution is -2.36. The summed E-state index contributed by atoms with van der Waals surface area (Å²) in [4.78, 5) is 11.4. The summed E-state index contributed by atoms with van der Waals surface area (Å²) >= 11 is 0. The molecule has 34 heavy (non-hydrogen) atoms. The lowest BCUT2D eigenvalue weighted by molar-refractivity contribution is 0.122. The van der Waals surface area contributed by atoms with Crippen LogP contribution in [-0.4, -0.2) is 56.0 Å². The minimum absolute atomic E-state index is 0.534.